The summed E-state index contributed by atoms with van der Waals surface area (Å²) in [7, 11) is 3.20. The Morgan fingerprint density at radius 3 is 2.47 bits per heavy atom. The van der Waals surface area contributed by atoms with Gasteiger partial charge in [0.1, 0.15) is 0 Å². The standard InChI is InChI=1S/C11H16N2O2/c1-4-9(13-12)8-5-6-10(14-2)11(7-8)15-3/h4-7,9,13H,1,12H2,2-3H3. The maximum Gasteiger partial charge on any atom is 0.161 e. The van der Waals surface area contributed by atoms with Crippen LogP contribution < -0.4 is 20.7 Å². The van der Waals surface area contributed by atoms with Crippen LogP contribution in [-0.2, 0) is 0 Å². The van der Waals surface area contributed by atoms with E-state index in [1.165, 1.54) is 0 Å². The summed E-state index contributed by atoms with van der Waals surface area (Å²) >= 11 is 0. The molecule has 0 bridgehead atoms. The fourth-order valence-electron chi connectivity index (χ4n) is 1.35. The zero-order valence-electron chi connectivity index (χ0n) is 8.99. The minimum atomic E-state index is -0.0928. The van der Waals surface area contributed by atoms with Gasteiger partial charge in [-0.15, -0.1) is 6.58 Å². The van der Waals surface area contributed by atoms with Crippen LogP contribution in [-0.4, -0.2) is 14.2 Å². The Morgan fingerprint density at radius 2 is 2.00 bits per heavy atom. The summed E-state index contributed by atoms with van der Waals surface area (Å²) in [5, 5.41) is 0. The van der Waals surface area contributed by atoms with Crippen LogP contribution in [0.25, 0.3) is 0 Å². The molecule has 0 fully saturated rings. The second-order valence-corrected chi connectivity index (χ2v) is 2.99. The Bertz CT molecular complexity index is 339. The molecule has 0 aliphatic heterocycles. The van der Waals surface area contributed by atoms with Gasteiger partial charge in [-0.3, -0.25) is 5.84 Å². The average molecular weight is 208 g/mol. The molecule has 82 valence electrons. The molecule has 0 saturated carbocycles. The van der Waals surface area contributed by atoms with Gasteiger partial charge in [0.05, 0.1) is 20.3 Å². The monoisotopic (exact) mass is 208 g/mol. The molecule has 0 radical (unpaired) electrons. The first kappa shape index (κ1) is 11.6. The minimum Gasteiger partial charge on any atom is -0.493 e. The lowest BCUT2D eigenvalue weighted by Gasteiger charge is -2.14. The van der Waals surface area contributed by atoms with Crippen LogP contribution in [0.1, 0.15) is 11.6 Å². The van der Waals surface area contributed by atoms with Gasteiger partial charge >= 0.3 is 0 Å². The van der Waals surface area contributed by atoms with Gasteiger partial charge in [-0.2, -0.15) is 0 Å². The first-order valence-electron chi connectivity index (χ1n) is 4.57. The lowest BCUT2D eigenvalue weighted by molar-refractivity contribution is 0.354. The van der Waals surface area contributed by atoms with E-state index in [4.69, 9.17) is 15.3 Å². The van der Waals surface area contributed by atoms with Crippen LogP contribution in [0.2, 0.25) is 0 Å². The molecule has 4 nitrogen and oxygen atoms in total. The first-order chi connectivity index (χ1) is 7.26. The van der Waals surface area contributed by atoms with Gasteiger partial charge in [-0.25, -0.2) is 5.43 Å². The van der Waals surface area contributed by atoms with E-state index in [2.05, 4.69) is 12.0 Å². The summed E-state index contributed by atoms with van der Waals surface area (Å²) in [6.07, 6.45) is 1.72. The maximum atomic E-state index is 5.38. The van der Waals surface area contributed by atoms with E-state index >= 15 is 0 Å². The van der Waals surface area contributed by atoms with Gasteiger partial charge in [0.2, 0.25) is 0 Å². The summed E-state index contributed by atoms with van der Waals surface area (Å²) < 4.78 is 10.3. The quantitative estimate of drug-likeness (QED) is 0.436. The van der Waals surface area contributed by atoms with Crippen LogP contribution in [0.5, 0.6) is 11.5 Å². The number of hydrazine groups is 1. The molecule has 1 atom stereocenters. The van der Waals surface area contributed by atoms with Crippen molar-refractivity contribution < 1.29 is 9.47 Å². The summed E-state index contributed by atoms with van der Waals surface area (Å²) in [6.45, 7) is 3.69. The number of nitrogens with one attached hydrogen (secondary N) is 1. The number of hydrogen-bond donors (Lipinski definition) is 2. The van der Waals surface area contributed by atoms with Crippen LogP contribution in [0.3, 0.4) is 0 Å². The lowest BCUT2D eigenvalue weighted by atomic mass is 10.1. The molecule has 1 aromatic rings. The van der Waals surface area contributed by atoms with Crippen molar-refractivity contribution in [1.82, 2.24) is 5.43 Å². The fourth-order valence-corrected chi connectivity index (χ4v) is 1.35. The summed E-state index contributed by atoms with van der Waals surface area (Å²) in [4.78, 5) is 0. The van der Waals surface area contributed by atoms with Crippen molar-refractivity contribution in [3.05, 3.63) is 36.4 Å². The average Bonchev–Trinajstić information content (AvgIpc) is 2.30. The van der Waals surface area contributed by atoms with E-state index in [0.717, 1.165) is 5.56 Å². The van der Waals surface area contributed by atoms with Crippen LogP contribution in [0.4, 0.5) is 0 Å². The number of ether oxygens (including phenoxy) is 2. The highest BCUT2D eigenvalue weighted by atomic mass is 16.5. The van der Waals surface area contributed by atoms with Gasteiger partial charge in [-0.05, 0) is 17.7 Å². The van der Waals surface area contributed by atoms with Crippen molar-refractivity contribution in [3.63, 3.8) is 0 Å². The molecule has 3 N–H and O–H groups in total. The molecule has 1 unspecified atom stereocenters. The minimum absolute atomic E-state index is 0.0928. The summed E-state index contributed by atoms with van der Waals surface area (Å²) in [5.74, 6) is 6.76. The van der Waals surface area contributed by atoms with Gasteiger partial charge in [0.15, 0.2) is 11.5 Å². The highest BCUT2D eigenvalue weighted by Gasteiger charge is 2.09. The van der Waals surface area contributed by atoms with Gasteiger partial charge < -0.3 is 9.47 Å². The third kappa shape index (κ3) is 2.49. The summed E-state index contributed by atoms with van der Waals surface area (Å²) in [6, 6.07) is 5.52. The predicted molar refractivity (Wildman–Crippen MR) is 59.8 cm³/mol. The molecule has 0 aromatic heterocycles. The van der Waals surface area contributed by atoms with Crippen LogP contribution in [0, 0.1) is 0 Å². The second-order valence-electron chi connectivity index (χ2n) is 2.99. The molecular formula is C11H16N2O2. The van der Waals surface area contributed by atoms with E-state index in [1.54, 1.807) is 20.3 Å². The predicted octanol–water partition coefficient (Wildman–Crippen LogP) is 1.39. The molecule has 0 aliphatic rings. The molecule has 4 heteroatoms. The maximum absolute atomic E-state index is 5.38. The zero-order valence-corrected chi connectivity index (χ0v) is 8.99. The van der Waals surface area contributed by atoms with Crippen molar-refractivity contribution in [2.24, 2.45) is 5.84 Å². The third-order valence-corrected chi connectivity index (χ3v) is 2.18. The number of hydrogen-bond acceptors (Lipinski definition) is 4. The van der Waals surface area contributed by atoms with E-state index in [-0.39, 0.29) is 6.04 Å². The Morgan fingerprint density at radius 1 is 1.33 bits per heavy atom. The van der Waals surface area contributed by atoms with Crippen molar-refractivity contribution in [2.75, 3.05) is 14.2 Å². The second kappa shape index (κ2) is 5.38. The molecule has 1 aromatic carbocycles. The molecule has 1 rings (SSSR count). The molecule has 0 spiro atoms. The van der Waals surface area contributed by atoms with Crippen molar-refractivity contribution in [1.29, 1.82) is 0 Å². The highest BCUT2D eigenvalue weighted by Crippen LogP contribution is 2.29. The lowest BCUT2D eigenvalue weighted by Crippen LogP contribution is -2.26. The summed E-state index contributed by atoms with van der Waals surface area (Å²) in [5.41, 5.74) is 3.62. The normalized spacial score (nSPS) is 11.9. The van der Waals surface area contributed by atoms with Gasteiger partial charge in [-0.1, -0.05) is 12.1 Å². The van der Waals surface area contributed by atoms with E-state index in [1.807, 2.05) is 18.2 Å². The fraction of sp³-hybridized carbons (Fsp3) is 0.273. The SMILES string of the molecule is C=CC(NN)c1ccc(OC)c(OC)c1. The smallest absolute Gasteiger partial charge is 0.161 e. The molecule has 0 amide bonds. The number of methoxy groups -OCH3 is 2. The molecular weight excluding hydrogens is 192 g/mol. The first-order valence-corrected chi connectivity index (χ1v) is 4.57. The van der Waals surface area contributed by atoms with Crippen molar-refractivity contribution in [3.8, 4) is 11.5 Å². The van der Waals surface area contributed by atoms with Crippen LogP contribution >= 0.6 is 0 Å². The molecule has 0 heterocycles. The Hall–Kier alpha value is -1.52. The topological polar surface area (TPSA) is 56.5 Å². The number of rotatable bonds is 5. The number of benzene rings is 1. The number of nitrogens with two attached hydrogens (primary N) is 1. The molecule has 0 aliphatic carbocycles. The molecule has 15 heavy (non-hydrogen) atoms. The Balaban J connectivity index is 3.06. The Kier molecular flexibility index (Phi) is 4.15. The third-order valence-electron chi connectivity index (χ3n) is 2.18. The van der Waals surface area contributed by atoms with E-state index in [9.17, 15) is 0 Å². The zero-order chi connectivity index (χ0) is 11.3. The van der Waals surface area contributed by atoms with E-state index in [0.29, 0.717) is 11.5 Å². The Labute approximate surface area is 89.7 Å². The molecule has 0 saturated heterocycles. The van der Waals surface area contributed by atoms with Crippen LogP contribution in [0.15, 0.2) is 30.9 Å². The van der Waals surface area contributed by atoms with Crippen molar-refractivity contribution >= 4 is 0 Å². The highest BCUT2D eigenvalue weighted by molar-refractivity contribution is 5.44. The van der Waals surface area contributed by atoms with Gasteiger partial charge in [0.25, 0.3) is 0 Å². The van der Waals surface area contributed by atoms with E-state index < -0.39 is 0 Å². The van der Waals surface area contributed by atoms with Gasteiger partial charge in [0, 0.05) is 0 Å². The van der Waals surface area contributed by atoms with Crippen molar-refractivity contribution in [2.45, 2.75) is 6.04 Å². The largest absolute Gasteiger partial charge is 0.493 e.